The lowest BCUT2D eigenvalue weighted by molar-refractivity contribution is -0.123. The van der Waals surface area contributed by atoms with Gasteiger partial charge in [-0.25, -0.2) is 0 Å². The van der Waals surface area contributed by atoms with Crippen molar-refractivity contribution >= 4 is 5.91 Å². The molecule has 3 N–H and O–H groups in total. The molecule has 0 aromatic carbocycles. The van der Waals surface area contributed by atoms with Gasteiger partial charge in [-0.05, 0) is 45.2 Å². The van der Waals surface area contributed by atoms with Gasteiger partial charge in [-0.15, -0.1) is 0 Å². The molecule has 0 radical (unpaired) electrons. The molecule has 4 heteroatoms. The second-order valence-electron chi connectivity index (χ2n) is 5.44. The van der Waals surface area contributed by atoms with Gasteiger partial charge in [-0.2, -0.15) is 0 Å². The molecule has 1 aliphatic heterocycles. The summed E-state index contributed by atoms with van der Waals surface area (Å²) in [7, 11) is 0. The molecule has 1 saturated heterocycles. The van der Waals surface area contributed by atoms with Crippen molar-refractivity contribution in [3.63, 3.8) is 0 Å². The predicted octanol–water partition coefficient (Wildman–Crippen LogP) is 1.04. The Morgan fingerprint density at radius 1 is 1.59 bits per heavy atom. The van der Waals surface area contributed by atoms with E-state index in [2.05, 4.69) is 10.6 Å². The molecular formula is C13H26N2O2. The summed E-state index contributed by atoms with van der Waals surface area (Å²) < 4.78 is 0. The summed E-state index contributed by atoms with van der Waals surface area (Å²) in [4.78, 5) is 11.7. The average molecular weight is 242 g/mol. The number of carbonyl (C=O) groups is 1. The molecule has 100 valence electrons. The van der Waals surface area contributed by atoms with Gasteiger partial charge in [0.1, 0.15) is 0 Å². The van der Waals surface area contributed by atoms with E-state index in [0.717, 1.165) is 38.8 Å². The number of rotatable bonds is 6. The van der Waals surface area contributed by atoms with Gasteiger partial charge in [-0.1, -0.05) is 13.3 Å². The van der Waals surface area contributed by atoms with Crippen LogP contribution in [-0.4, -0.2) is 36.2 Å². The Balaban J connectivity index is 2.20. The molecule has 17 heavy (non-hydrogen) atoms. The van der Waals surface area contributed by atoms with Crippen LogP contribution >= 0.6 is 0 Å². The first kappa shape index (κ1) is 14.5. The molecule has 1 aliphatic rings. The van der Waals surface area contributed by atoms with Crippen LogP contribution in [0.3, 0.4) is 0 Å². The third-order valence-corrected chi connectivity index (χ3v) is 3.33. The highest BCUT2D eigenvalue weighted by Crippen LogP contribution is 2.14. The summed E-state index contributed by atoms with van der Waals surface area (Å²) in [5.74, 6) is 0.523. The second-order valence-corrected chi connectivity index (χ2v) is 5.44. The first-order chi connectivity index (χ1) is 8.03. The summed E-state index contributed by atoms with van der Waals surface area (Å²) in [6.45, 7) is 6.19. The molecule has 4 nitrogen and oxygen atoms in total. The topological polar surface area (TPSA) is 61.4 Å². The van der Waals surface area contributed by atoms with Crippen molar-refractivity contribution in [2.24, 2.45) is 5.92 Å². The maximum Gasteiger partial charge on any atom is 0.220 e. The Hall–Kier alpha value is -0.610. The van der Waals surface area contributed by atoms with Gasteiger partial charge in [0, 0.05) is 13.0 Å². The van der Waals surface area contributed by atoms with E-state index in [9.17, 15) is 9.90 Å². The van der Waals surface area contributed by atoms with Crippen LogP contribution in [0.5, 0.6) is 0 Å². The number of hydrogen-bond acceptors (Lipinski definition) is 3. The van der Waals surface area contributed by atoms with Crippen LogP contribution in [0.2, 0.25) is 0 Å². The second kappa shape index (κ2) is 6.97. The highest BCUT2D eigenvalue weighted by Gasteiger charge is 2.21. The van der Waals surface area contributed by atoms with E-state index in [1.165, 1.54) is 0 Å². The fourth-order valence-corrected chi connectivity index (χ4v) is 2.35. The van der Waals surface area contributed by atoms with E-state index >= 15 is 0 Å². The zero-order valence-electron chi connectivity index (χ0n) is 11.1. The molecule has 0 aromatic rings. The fraction of sp³-hybridized carbons (Fsp3) is 0.923. The predicted molar refractivity (Wildman–Crippen MR) is 68.8 cm³/mol. The lowest BCUT2D eigenvalue weighted by Crippen LogP contribution is -2.42. The molecule has 0 spiro atoms. The van der Waals surface area contributed by atoms with Gasteiger partial charge in [0.15, 0.2) is 0 Å². The van der Waals surface area contributed by atoms with E-state index in [1.54, 1.807) is 6.92 Å². The molecular weight excluding hydrogens is 216 g/mol. The summed E-state index contributed by atoms with van der Waals surface area (Å²) in [6, 6.07) is 0. The highest BCUT2D eigenvalue weighted by atomic mass is 16.3. The zero-order valence-corrected chi connectivity index (χ0v) is 11.1. The quantitative estimate of drug-likeness (QED) is 0.652. The van der Waals surface area contributed by atoms with Crippen molar-refractivity contribution in [3.05, 3.63) is 0 Å². The normalized spacial score (nSPS) is 24.1. The fourth-order valence-electron chi connectivity index (χ4n) is 2.35. The van der Waals surface area contributed by atoms with Crippen LogP contribution < -0.4 is 10.6 Å². The summed E-state index contributed by atoms with van der Waals surface area (Å²) in [5, 5.41) is 16.1. The van der Waals surface area contributed by atoms with Crippen molar-refractivity contribution in [1.29, 1.82) is 0 Å². The number of piperidine rings is 1. The van der Waals surface area contributed by atoms with E-state index in [4.69, 9.17) is 0 Å². The van der Waals surface area contributed by atoms with Crippen LogP contribution in [0.4, 0.5) is 0 Å². The van der Waals surface area contributed by atoms with E-state index in [-0.39, 0.29) is 5.91 Å². The lowest BCUT2D eigenvalue weighted by Gasteiger charge is -2.25. The molecule has 0 bridgehead atoms. The Bertz CT molecular complexity index is 236. The van der Waals surface area contributed by atoms with E-state index in [0.29, 0.717) is 18.9 Å². The van der Waals surface area contributed by atoms with Gasteiger partial charge < -0.3 is 15.7 Å². The number of aliphatic hydroxyl groups is 1. The summed E-state index contributed by atoms with van der Waals surface area (Å²) >= 11 is 0. The van der Waals surface area contributed by atoms with Crippen LogP contribution in [0, 0.1) is 5.92 Å². The Morgan fingerprint density at radius 2 is 2.35 bits per heavy atom. The molecule has 1 fully saturated rings. The molecule has 0 saturated carbocycles. The van der Waals surface area contributed by atoms with Crippen LogP contribution in [0.15, 0.2) is 0 Å². The third-order valence-electron chi connectivity index (χ3n) is 3.33. The maximum atomic E-state index is 11.7. The number of amides is 1. The van der Waals surface area contributed by atoms with Crippen LogP contribution in [0.1, 0.15) is 46.0 Å². The van der Waals surface area contributed by atoms with Crippen molar-refractivity contribution in [2.45, 2.75) is 51.6 Å². The number of nitrogens with one attached hydrogen (secondary N) is 2. The summed E-state index contributed by atoms with van der Waals surface area (Å²) in [6.07, 6.45) is 4.51. The van der Waals surface area contributed by atoms with Crippen molar-refractivity contribution in [1.82, 2.24) is 10.6 Å². The van der Waals surface area contributed by atoms with Crippen molar-refractivity contribution in [2.75, 3.05) is 19.6 Å². The Labute approximate surface area is 104 Å². The average Bonchev–Trinajstić information content (AvgIpc) is 2.28. The molecule has 2 atom stereocenters. The number of hydrogen-bond donors (Lipinski definition) is 3. The monoisotopic (exact) mass is 242 g/mol. The first-order valence-electron chi connectivity index (χ1n) is 6.73. The van der Waals surface area contributed by atoms with Gasteiger partial charge in [0.05, 0.1) is 5.60 Å². The Kier molecular flexibility index (Phi) is 5.92. The van der Waals surface area contributed by atoms with Crippen molar-refractivity contribution in [3.8, 4) is 0 Å². The minimum absolute atomic E-state index is 0.0649. The van der Waals surface area contributed by atoms with Gasteiger partial charge >= 0.3 is 0 Å². The lowest BCUT2D eigenvalue weighted by atomic mass is 9.95. The minimum Gasteiger partial charge on any atom is -0.388 e. The SMILES string of the molecule is CCCC(C)(O)CNC(=O)CC1CCCNC1. The maximum absolute atomic E-state index is 11.7. The van der Waals surface area contributed by atoms with Crippen LogP contribution in [0.25, 0.3) is 0 Å². The first-order valence-corrected chi connectivity index (χ1v) is 6.73. The van der Waals surface area contributed by atoms with Gasteiger partial charge in [0.25, 0.3) is 0 Å². The van der Waals surface area contributed by atoms with Gasteiger partial charge in [0.2, 0.25) is 5.91 Å². The third kappa shape index (κ3) is 6.03. The smallest absolute Gasteiger partial charge is 0.220 e. The van der Waals surface area contributed by atoms with Gasteiger partial charge in [-0.3, -0.25) is 4.79 Å². The molecule has 0 aliphatic carbocycles. The van der Waals surface area contributed by atoms with E-state index < -0.39 is 5.60 Å². The standard InChI is InChI=1S/C13H26N2O2/c1-3-6-13(2,17)10-15-12(16)8-11-5-4-7-14-9-11/h11,14,17H,3-10H2,1-2H3,(H,15,16). The van der Waals surface area contributed by atoms with E-state index in [1.807, 2.05) is 6.92 Å². The minimum atomic E-state index is -0.769. The Morgan fingerprint density at radius 3 is 2.94 bits per heavy atom. The van der Waals surface area contributed by atoms with Crippen molar-refractivity contribution < 1.29 is 9.90 Å². The molecule has 2 unspecified atom stereocenters. The molecule has 1 heterocycles. The van der Waals surface area contributed by atoms with Crippen LogP contribution in [-0.2, 0) is 4.79 Å². The molecule has 0 aromatic heterocycles. The summed E-state index contributed by atoms with van der Waals surface area (Å²) in [5.41, 5.74) is -0.769. The highest BCUT2D eigenvalue weighted by molar-refractivity contribution is 5.76. The molecule has 1 amide bonds. The zero-order chi connectivity index (χ0) is 12.7. The number of carbonyl (C=O) groups excluding carboxylic acids is 1. The largest absolute Gasteiger partial charge is 0.388 e. The molecule has 1 rings (SSSR count).